The van der Waals surface area contributed by atoms with Gasteiger partial charge in [0.15, 0.2) is 0 Å². The van der Waals surface area contributed by atoms with E-state index in [1.54, 1.807) is 7.11 Å². The Labute approximate surface area is 157 Å². The molecule has 1 unspecified atom stereocenters. The molecule has 1 saturated carbocycles. The standard InChI is InChI=1S/C21H33N3O2/c1-26-20-11-4-3-9-18(20)19(24-12-5-2-6-13-24)15-23-21(25)17-10-7-8-16(17)14-22/h3-4,9,11,16-17,19H,2,5-8,10,12-15,22H2,1H3,(H,23,25)/t16-,17-,19?/m1/s1. The van der Waals surface area contributed by atoms with E-state index in [-0.39, 0.29) is 17.9 Å². The summed E-state index contributed by atoms with van der Waals surface area (Å²) in [5.74, 6) is 1.50. The lowest BCUT2D eigenvalue weighted by molar-refractivity contribution is -0.126. The van der Waals surface area contributed by atoms with Gasteiger partial charge in [0.25, 0.3) is 0 Å². The summed E-state index contributed by atoms with van der Waals surface area (Å²) in [6.07, 6.45) is 6.89. The van der Waals surface area contributed by atoms with Crippen molar-refractivity contribution in [2.75, 3.05) is 33.3 Å². The molecule has 1 amide bonds. The predicted octanol–water partition coefficient (Wildman–Crippen LogP) is 2.71. The Kier molecular flexibility index (Phi) is 6.92. The van der Waals surface area contributed by atoms with Crippen LogP contribution < -0.4 is 15.8 Å². The molecular weight excluding hydrogens is 326 g/mol. The molecule has 5 heteroatoms. The summed E-state index contributed by atoms with van der Waals surface area (Å²) in [6.45, 7) is 3.40. The maximum Gasteiger partial charge on any atom is 0.223 e. The molecule has 3 rings (SSSR count). The second kappa shape index (κ2) is 9.38. The van der Waals surface area contributed by atoms with Gasteiger partial charge in [-0.05, 0) is 57.3 Å². The van der Waals surface area contributed by atoms with E-state index in [2.05, 4.69) is 22.3 Å². The van der Waals surface area contributed by atoms with Gasteiger partial charge in [-0.2, -0.15) is 0 Å². The van der Waals surface area contributed by atoms with E-state index >= 15 is 0 Å². The fourth-order valence-corrected chi connectivity index (χ4v) is 4.60. The van der Waals surface area contributed by atoms with Crippen molar-refractivity contribution in [2.24, 2.45) is 17.6 Å². The number of rotatable bonds is 7. The second-order valence-electron chi connectivity index (χ2n) is 7.63. The van der Waals surface area contributed by atoms with Crippen molar-refractivity contribution >= 4 is 5.91 Å². The zero-order chi connectivity index (χ0) is 18.4. The monoisotopic (exact) mass is 359 g/mol. The Morgan fingerprint density at radius 2 is 2.00 bits per heavy atom. The average molecular weight is 360 g/mol. The number of carbonyl (C=O) groups is 1. The first-order chi connectivity index (χ1) is 12.7. The van der Waals surface area contributed by atoms with Gasteiger partial charge in [-0.15, -0.1) is 0 Å². The number of para-hydroxylation sites is 1. The molecule has 3 atom stereocenters. The number of nitrogens with zero attached hydrogens (tertiary/aromatic N) is 1. The molecule has 2 fully saturated rings. The van der Waals surface area contributed by atoms with E-state index in [0.29, 0.717) is 19.0 Å². The number of ether oxygens (including phenoxy) is 1. The van der Waals surface area contributed by atoms with Crippen LogP contribution in [0.25, 0.3) is 0 Å². The highest BCUT2D eigenvalue weighted by Crippen LogP contribution is 2.33. The molecule has 26 heavy (non-hydrogen) atoms. The molecule has 3 N–H and O–H groups in total. The molecule has 0 bridgehead atoms. The van der Waals surface area contributed by atoms with Gasteiger partial charge < -0.3 is 15.8 Å². The number of nitrogens with one attached hydrogen (secondary N) is 1. The molecule has 144 valence electrons. The first-order valence-corrected chi connectivity index (χ1v) is 10.1. The molecule has 2 aliphatic rings. The lowest BCUT2D eigenvalue weighted by Crippen LogP contribution is -2.43. The van der Waals surface area contributed by atoms with Gasteiger partial charge in [0.2, 0.25) is 5.91 Å². The van der Waals surface area contributed by atoms with Crippen LogP contribution in [-0.4, -0.2) is 44.1 Å². The van der Waals surface area contributed by atoms with Crippen molar-refractivity contribution < 1.29 is 9.53 Å². The lowest BCUT2D eigenvalue weighted by atomic mass is 9.95. The Bertz CT molecular complexity index is 586. The topological polar surface area (TPSA) is 67.6 Å². The van der Waals surface area contributed by atoms with Crippen molar-refractivity contribution in [1.29, 1.82) is 0 Å². The summed E-state index contributed by atoms with van der Waals surface area (Å²) in [4.78, 5) is 15.3. The molecule has 1 saturated heterocycles. The van der Waals surface area contributed by atoms with Crippen molar-refractivity contribution in [3.05, 3.63) is 29.8 Å². The van der Waals surface area contributed by atoms with Gasteiger partial charge >= 0.3 is 0 Å². The molecule has 1 aliphatic carbocycles. The lowest BCUT2D eigenvalue weighted by Gasteiger charge is -2.36. The van der Waals surface area contributed by atoms with Crippen LogP contribution in [0, 0.1) is 11.8 Å². The number of hydrogen-bond acceptors (Lipinski definition) is 4. The van der Waals surface area contributed by atoms with Crippen LogP contribution in [0.5, 0.6) is 5.75 Å². The van der Waals surface area contributed by atoms with E-state index in [1.165, 1.54) is 24.8 Å². The molecule has 1 aromatic rings. The van der Waals surface area contributed by atoms with E-state index in [0.717, 1.165) is 38.1 Å². The average Bonchev–Trinajstić information content (AvgIpc) is 3.18. The Hall–Kier alpha value is -1.59. The zero-order valence-corrected chi connectivity index (χ0v) is 16.0. The quantitative estimate of drug-likeness (QED) is 0.785. The summed E-state index contributed by atoms with van der Waals surface area (Å²) < 4.78 is 5.60. The van der Waals surface area contributed by atoms with Crippen LogP contribution in [0.4, 0.5) is 0 Å². The van der Waals surface area contributed by atoms with Gasteiger partial charge in [0.1, 0.15) is 5.75 Å². The Balaban J connectivity index is 1.72. The third-order valence-corrected chi connectivity index (χ3v) is 6.10. The molecule has 1 aliphatic heterocycles. The van der Waals surface area contributed by atoms with E-state index in [9.17, 15) is 4.79 Å². The molecule has 1 aromatic carbocycles. The third kappa shape index (κ3) is 4.38. The van der Waals surface area contributed by atoms with Crippen molar-refractivity contribution in [1.82, 2.24) is 10.2 Å². The molecule has 0 spiro atoms. The van der Waals surface area contributed by atoms with Crippen LogP contribution in [-0.2, 0) is 4.79 Å². The normalized spacial score (nSPS) is 25.0. The van der Waals surface area contributed by atoms with Crippen LogP contribution in [0.1, 0.15) is 50.1 Å². The number of nitrogens with two attached hydrogens (primary N) is 1. The van der Waals surface area contributed by atoms with Crippen LogP contribution in [0.15, 0.2) is 24.3 Å². The number of likely N-dealkylation sites (tertiary alicyclic amines) is 1. The smallest absolute Gasteiger partial charge is 0.223 e. The summed E-state index contributed by atoms with van der Waals surface area (Å²) >= 11 is 0. The summed E-state index contributed by atoms with van der Waals surface area (Å²) in [5, 5.41) is 3.24. The zero-order valence-electron chi connectivity index (χ0n) is 16.0. The second-order valence-corrected chi connectivity index (χ2v) is 7.63. The van der Waals surface area contributed by atoms with Crippen LogP contribution in [0.3, 0.4) is 0 Å². The molecule has 5 nitrogen and oxygen atoms in total. The van der Waals surface area contributed by atoms with Gasteiger partial charge in [-0.3, -0.25) is 9.69 Å². The van der Waals surface area contributed by atoms with Crippen LogP contribution in [0.2, 0.25) is 0 Å². The SMILES string of the molecule is COc1ccccc1C(CNC(=O)[C@@H]1CCC[C@@H]1CN)N1CCCCC1. The molecular formula is C21H33N3O2. The number of benzene rings is 1. The largest absolute Gasteiger partial charge is 0.496 e. The summed E-state index contributed by atoms with van der Waals surface area (Å²) in [6, 6.07) is 8.35. The highest BCUT2D eigenvalue weighted by Gasteiger charge is 2.33. The maximum absolute atomic E-state index is 12.8. The first-order valence-electron chi connectivity index (χ1n) is 10.1. The number of amides is 1. The maximum atomic E-state index is 12.8. The number of carbonyl (C=O) groups excluding carboxylic acids is 1. The summed E-state index contributed by atoms with van der Waals surface area (Å²) in [7, 11) is 1.72. The fraction of sp³-hybridized carbons (Fsp3) is 0.667. The minimum absolute atomic E-state index is 0.0830. The minimum Gasteiger partial charge on any atom is -0.496 e. The van der Waals surface area contributed by atoms with Gasteiger partial charge in [-0.1, -0.05) is 31.0 Å². The highest BCUT2D eigenvalue weighted by atomic mass is 16.5. The van der Waals surface area contributed by atoms with Crippen molar-refractivity contribution in [2.45, 2.75) is 44.6 Å². The third-order valence-electron chi connectivity index (χ3n) is 6.10. The number of hydrogen-bond donors (Lipinski definition) is 2. The number of piperidine rings is 1. The highest BCUT2D eigenvalue weighted by molar-refractivity contribution is 5.79. The molecule has 0 aromatic heterocycles. The van der Waals surface area contributed by atoms with Gasteiger partial charge in [0.05, 0.1) is 13.2 Å². The Morgan fingerprint density at radius 3 is 2.73 bits per heavy atom. The van der Waals surface area contributed by atoms with Crippen molar-refractivity contribution in [3.8, 4) is 5.75 Å². The molecule has 0 radical (unpaired) electrons. The summed E-state index contributed by atoms with van der Waals surface area (Å²) in [5.41, 5.74) is 7.02. The number of methoxy groups -OCH3 is 1. The van der Waals surface area contributed by atoms with Gasteiger partial charge in [-0.25, -0.2) is 0 Å². The first kappa shape index (κ1) is 19.2. The van der Waals surface area contributed by atoms with E-state index in [4.69, 9.17) is 10.5 Å². The van der Waals surface area contributed by atoms with Gasteiger partial charge in [0, 0.05) is 18.0 Å². The van der Waals surface area contributed by atoms with Crippen molar-refractivity contribution in [3.63, 3.8) is 0 Å². The van der Waals surface area contributed by atoms with E-state index in [1.807, 2.05) is 12.1 Å². The minimum atomic E-state index is 0.0830. The van der Waals surface area contributed by atoms with Crippen LogP contribution >= 0.6 is 0 Å². The molecule has 1 heterocycles. The van der Waals surface area contributed by atoms with E-state index < -0.39 is 0 Å². The fourth-order valence-electron chi connectivity index (χ4n) is 4.60. The Morgan fingerprint density at radius 1 is 1.23 bits per heavy atom. The predicted molar refractivity (Wildman–Crippen MR) is 104 cm³/mol.